The van der Waals surface area contributed by atoms with Crippen molar-refractivity contribution in [3.05, 3.63) is 122 Å². The zero-order valence-corrected chi connectivity index (χ0v) is 25.1. The Hall–Kier alpha value is -4.08. The molecule has 0 spiro atoms. The van der Waals surface area contributed by atoms with E-state index >= 15 is 0 Å². The number of nitrogens with zero attached hydrogens (tertiary/aromatic N) is 4. The van der Waals surface area contributed by atoms with Gasteiger partial charge in [0, 0.05) is 59.8 Å². The molecular formula is C35H29N4OPt-3. The van der Waals surface area contributed by atoms with Crippen LogP contribution in [0, 0.1) is 18.8 Å². The summed E-state index contributed by atoms with van der Waals surface area (Å²) in [6, 6.07) is 36.4. The van der Waals surface area contributed by atoms with E-state index in [1.165, 1.54) is 4.90 Å². The summed E-state index contributed by atoms with van der Waals surface area (Å²) in [7, 11) is 0. The minimum atomic E-state index is -2.34. The van der Waals surface area contributed by atoms with Gasteiger partial charge in [-0.2, -0.15) is 18.8 Å². The van der Waals surface area contributed by atoms with Gasteiger partial charge in [0.25, 0.3) is 0 Å². The number of fused-ring (bicyclic) bond motifs is 4. The van der Waals surface area contributed by atoms with Crippen LogP contribution in [0.1, 0.15) is 30.4 Å². The fourth-order valence-corrected chi connectivity index (χ4v) is 5.23. The maximum absolute atomic E-state index is 8.12. The molecule has 6 heteroatoms. The molecule has 1 aliphatic rings. The second kappa shape index (κ2) is 10.4. The monoisotopic (exact) mass is 719 g/mol. The predicted molar refractivity (Wildman–Crippen MR) is 163 cm³/mol. The SMILES string of the molecule is [2H]C([2H])([2H])N1[CH-]N(c2[c-]c(Oc3[c-]c4c(cc3)c3ccccc3n4-c3ccccn3)ccc2)c2cc(C(C)(C)C)ccc21.[Pt]. The van der Waals surface area contributed by atoms with Crippen molar-refractivity contribution in [2.45, 2.75) is 26.2 Å². The van der Waals surface area contributed by atoms with Crippen LogP contribution in [0.25, 0.3) is 27.6 Å². The van der Waals surface area contributed by atoms with Gasteiger partial charge < -0.3 is 19.1 Å². The zero-order chi connectivity index (χ0) is 29.9. The molecule has 208 valence electrons. The molecule has 0 fully saturated rings. The fraction of sp³-hybridized carbons (Fsp3) is 0.143. The van der Waals surface area contributed by atoms with Crippen LogP contribution in [0.2, 0.25) is 0 Å². The van der Waals surface area contributed by atoms with Crippen LogP contribution in [0.5, 0.6) is 11.5 Å². The molecule has 0 bridgehead atoms. The Morgan fingerprint density at radius 1 is 0.829 bits per heavy atom. The number of para-hydroxylation sites is 1. The second-order valence-electron chi connectivity index (χ2n) is 10.9. The number of hydrogen-bond acceptors (Lipinski definition) is 4. The fourth-order valence-electron chi connectivity index (χ4n) is 5.23. The number of ether oxygens (including phenoxy) is 1. The summed E-state index contributed by atoms with van der Waals surface area (Å²) in [4.78, 5) is 7.78. The van der Waals surface area contributed by atoms with Gasteiger partial charge in [-0.3, -0.25) is 0 Å². The maximum Gasteiger partial charge on any atom is 0.135 e. The Kier molecular flexibility index (Phi) is 5.98. The summed E-state index contributed by atoms with van der Waals surface area (Å²) in [6.07, 6.45) is 1.78. The molecule has 0 amide bonds. The number of hydrogen-bond donors (Lipinski definition) is 0. The molecule has 0 aliphatic carbocycles. The Balaban J connectivity index is 0.00000343. The largest absolute Gasteiger partial charge is 0.509 e. The number of benzene rings is 4. The summed E-state index contributed by atoms with van der Waals surface area (Å²) in [5, 5.41) is 2.16. The van der Waals surface area contributed by atoms with E-state index in [2.05, 4.69) is 60.7 Å². The molecule has 0 saturated heterocycles. The van der Waals surface area contributed by atoms with Gasteiger partial charge in [-0.25, -0.2) is 4.98 Å². The summed E-state index contributed by atoms with van der Waals surface area (Å²) in [6.45, 7) is 5.70. The quantitative estimate of drug-likeness (QED) is 0.171. The van der Waals surface area contributed by atoms with Crippen molar-refractivity contribution < 1.29 is 29.9 Å². The average molecular weight is 720 g/mol. The van der Waals surface area contributed by atoms with Gasteiger partial charge >= 0.3 is 0 Å². The molecule has 0 unspecified atom stereocenters. The molecule has 5 nitrogen and oxygen atoms in total. The van der Waals surface area contributed by atoms with E-state index in [0.717, 1.165) is 38.9 Å². The smallest absolute Gasteiger partial charge is 0.135 e. The molecule has 41 heavy (non-hydrogen) atoms. The van der Waals surface area contributed by atoms with Gasteiger partial charge in [0.2, 0.25) is 0 Å². The van der Waals surface area contributed by atoms with Gasteiger partial charge in [0.05, 0.1) is 0 Å². The number of rotatable bonds is 4. The third-order valence-corrected chi connectivity index (χ3v) is 7.26. The first-order valence-electron chi connectivity index (χ1n) is 14.7. The molecule has 0 N–H and O–H groups in total. The third-order valence-electron chi connectivity index (χ3n) is 7.26. The molecule has 1 aliphatic heterocycles. The molecule has 0 radical (unpaired) electrons. The Morgan fingerprint density at radius 2 is 1.66 bits per heavy atom. The van der Waals surface area contributed by atoms with E-state index in [1.54, 1.807) is 12.9 Å². The second-order valence-corrected chi connectivity index (χ2v) is 10.9. The summed E-state index contributed by atoms with van der Waals surface area (Å²) in [5.41, 5.74) is 4.97. The van der Waals surface area contributed by atoms with Crippen LogP contribution in [0.15, 0.2) is 97.2 Å². The van der Waals surface area contributed by atoms with Crippen molar-refractivity contribution in [2.75, 3.05) is 16.8 Å². The molecule has 6 aromatic rings. The molecular weight excluding hydrogens is 687 g/mol. The van der Waals surface area contributed by atoms with Gasteiger partial charge in [0.1, 0.15) is 5.82 Å². The van der Waals surface area contributed by atoms with Gasteiger partial charge in [-0.05, 0) is 53.7 Å². The number of aromatic nitrogens is 2. The van der Waals surface area contributed by atoms with Gasteiger partial charge in [0.15, 0.2) is 0 Å². The first-order valence-corrected chi connectivity index (χ1v) is 13.2. The van der Waals surface area contributed by atoms with Crippen LogP contribution in [-0.4, -0.2) is 16.5 Å². The van der Waals surface area contributed by atoms with E-state index in [1.807, 2.05) is 77.7 Å². The van der Waals surface area contributed by atoms with Crippen LogP contribution < -0.4 is 14.5 Å². The van der Waals surface area contributed by atoms with Crippen molar-refractivity contribution in [1.82, 2.24) is 9.55 Å². The molecule has 7 rings (SSSR count). The van der Waals surface area contributed by atoms with Crippen molar-refractivity contribution in [3.8, 4) is 17.3 Å². The Bertz CT molecular complexity index is 1980. The zero-order valence-electron chi connectivity index (χ0n) is 25.8. The normalized spacial score (nSPS) is 14.4. The van der Waals surface area contributed by atoms with Crippen molar-refractivity contribution >= 4 is 38.9 Å². The standard InChI is InChI=1S/C35H29N4O.Pt/c1-35(2,3)24-15-18-31-33(20-24)38(23-37(31)4)25-10-9-11-26(21-25)40-27-16-17-29-28-12-5-6-13-30(28)39(32(29)22-27)34-14-7-8-19-36-34;/h5-20,23H,1-4H3;/q-3;/i4D3;. The predicted octanol–water partition coefficient (Wildman–Crippen LogP) is 8.57. The van der Waals surface area contributed by atoms with Gasteiger partial charge in [-0.1, -0.05) is 56.6 Å². The minimum absolute atomic E-state index is 0. The van der Waals surface area contributed by atoms with E-state index in [0.29, 0.717) is 22.9 Å². The van der Waals surface area contributed by atoms with Crippen LogP contribution in [0.3, 0.4) is 0 Å². The molecule has 0 saturated carbocycles. The van der Waals surface area contributed by atoms with Crippen LogP contribution in [-0.2, 0) is 26.5 Å². The molecule has 0 atom stereocenters. The minimum Gasteiger partial charge on any atom is -0.509 e. The molecule has 3 heterocycles. The van der Waals surface area contributed by atoms with Crippen molar-refractivity contribution in [2.24, 2.45) is 0 Å². The van der Waals surface area contributed by atoms with Crippen molar-refractivity contribution in [1.29, 1.82) is 0 Å². The van der Waals surface area contributed by atoms with E-state index < -0.39 is 6.98 Å². The Labute approximate surface area is 259 Å². The molecule has 4 aromatic carbocycles. The third kappa shape index (κ3) is 4.79. The average Bonchev–Trinajstić information content (AvgIpc) is 3.53. The maximum atomic E-state index is 8.12. The van der Waals surface area contributed by atoms with Crippen molar-refractivity contribution in [3.63, 3.8) is 0 Å². The number of anilines is 3. The number of pyridine rings is 1. The summed E-state index contributed by atoms with van der Waals surface area (Å²) in [5.74, 6) is 1.82. The van der Waals surface area contributed by atoms with Gasteiger partial charge in [-0.15, -0.1) is 41.4 Å². The topological polar surface area (TPSA) is 33.5 Å². The molecule has 2 aromatic heterocycles. The van der Waals surface area contributed by atoms with E-state index in [4.69, 9.17) is 8.85 Å². The van der Waals surface area contributed by atoms with Crippen LogP contribution in [0.4, 0.5) is 17.1 Å². The summed E-state index contributed by atoms with van der Waals surface area (Å²) >= 11 is 0. The first kappa shape index (κ1) is 23.6. The van der Waals surface area contributed by atoms with Crippen LogP contribution >= 0.6 is 0 Å². The van der Waals surface area contributed by atoms with E-state index in [-0.39, 0.29) is 26.5 Å². The summed E-state index contributed by atoms with van der Waals surface area (Å²) < 4.78 is 32.8. The first-order chi connectivity index (χ1) is 20.6. The Morgan fingerprint density at radius 3 is 2.46 bits per heavy atom. The van der Waals surface area contributed by atoms with E-state index in [9.17, 15) is 0 Å².